The van der Waals surface area contributed by atoms with Gasteiger partial charge in [0.25, 0.3) is 0 Å². The Labute approximate surface area is 135 Å². The largest absolute Gasteiger partial charge is 0.460 e. The van der Waals surface area contributed by atoms with Crippen molar-refractivity contribution in [1.82, 2.24) is 0 Å². The molecule has 0 aliphatic heterocycles. The number of esters is 2. The van der Waals surface area contributed by atoms with Gasteiger partial charge in [-0.25, -0.2) is 9.59 Å². The summed E-state index contributed by atoms with van der Waals surface area (Å²) in [5.74, 6) is -0.675. The Bertz CT molecular complexity index is 574. The fourth-order valence-electron chi connectivity index (χ4n) is 2.01. The highest BCUT2D eigenvalue weighted by Gasteiger charge is 2.11. The minimum Gasteiger partial charge on any atom is -0.460 e. The van der Waals surface area contributed by atoms with Crippen molar-refractivity contribution in [2.45, 2.75) is 12.8 Å². The molecule has 122 valence electrons. The van der Waals surface area contributed by atoms with Gasteiger partial charge in [0.15, 0.2) is 0 Å². The van der Waals surface area contributed by atoms with Crippen LogP contribution in [-0.2, 0) is 19.0 Å². The first-order valence-corrected chi connectivity index (χ1v) is 7.60. The zero-order valence-electron chi connectivity index (χ0n) is 12.9. The maximum absolute atomic E-state index is 11.7. The Hall–Kier alpha value is -2.40. The van der Waals surface area contributed by atoms with Gasteiger partial charge in [0.05, 0.1) is 18.8 Å². The summed E-state index contributed by atoms with van der Waals surface area (Å²) in [6.07, 6.45) is 7.22. The zero-order valence-corrected chi connectivity index (χ0v) is 12.9. The van der Waals surface area contributed by atoms with Gasteiger partial charge in [-0.15, -0.1) is 0 Å². The van der Waals surface area contributed by atoms with Crippen LogP contribution in [0, 0.1) is 0 Å². The number of hydrogen-bond donors (Lipinski definition) is 0. The second-order valence-electron chi connectivity index (χ2n) is 4.91. The van der Waals surface area contributed by atoms with E-state index in [9.17, 15) is 9.59 Å². The molecule has 0 saturated heterocycles. The van der Waals surface area contributed by atoms with Crippen molar-refractivity contribution < 1.29 is 23.8 Å². The van der Waals surface area contributed by atoms with E-state index < -0.39 is 0 Å². The Balaban J connectivity index is 1.51. The Morgan fingerprint density at radius 3 is 2.26 bits per heavy atom. The average Bonchev–Trinajstić information content (AvgIpc) is 2.62. The molecule has 0 radical (unpaired) electrons. The standard InChI is InChI=1S/C18H20O5/c19-17(15-7-3-1-4-8-15)22-13-11-21-12-14-23-18(20)16-9-5-2-6-10-16/h1-5,7-9H,6,10-14H2. The van der Waals surface area contributed by atoms with E-state index >= 15 is 0 Å². The topological polar surface area (TPSA) is 61.8 Å². The third-order valence-corrected chi connectivity index (χ3v) is 3.21. The fourth-order valence-corrected chi connectivity index (χ4v) is 2.01. The van der Waals surface area contributed by atoms with Crippen molar-refractivity contribution >= 4 is 11.9 Å². The summed E-state index contributed by atoms with van der Waals surface area (Å²) >= 11 is 0. The van der Waals surface area contributed by atoms with E-state index in [0.717, 1.165) is 6.42 Å². The summed E-state index contributed by atoms with van der Waals surface area (Å²) in [4.78, 5) is 23.3. The van der Waals surface area contributed by atoms with Crippen LogP contribution in [0.1, 0.15) is 23.2 Å². The minimum absolute atomic E-state index is 0.164. The van der Waals surface area contributed by atoms with Crippen molar-refractivity contribution in [3.8, 4) is 0 Å². The summed E-state index contributed by atoms with van der Waals surface area (Å²) < 4.78 is 15.4. The van der Waals surface area contributed by atoms with E-state index in [1.807, 2.05) is 18.2 Å². The third kappa shape index (κ3) is 6.08. The fraction of sp³-hybridized carbons (Fsp3) is 0.333. The molecule has 0 amide bonds. The molecular weight excluding hydrogens is 296 g/mol. The van der Waals surface area contributed by atoms with Crippen LogP contribution < -0.4 is 0 Å². The number of carbonyl (C=O) groups is 2. The van der Waals surface area contributed by atoms with Gasteiger partial charge in [0.2, 0.25) is 0 Å². The summed E-state index contributed by atoms with van der Waals surface area (Å²) in [6, 6.07) is 8.77. The molecule has 23 heavy (non-hydrogen) atoms. The number of carbonyl (C=O) groups excluding carboxylic acids is 2. The molecule has 0 bridgehead atoms. The SMILES string of the molecule is O=C(OCCOCCOC(=O)c1ccccc1)C1=CC=CCC1. The van der Waals surface area contributed by atoms with E-state index in [4.69, 9.17) is 14.2 Å². The molecular formula is C18H20O5. The maximum Gasteiger partial charge on any atom is 0.338 e. The van der Waals surface area contributed by atoms with Crippen LogP contribution in [0.3, 0.4) is 0 Å². The molecule has 0 heterocycles. The predicted octanol–water partition coefficient (Wildman–Crippen LogP) is 2.68. The lowest BCUT2D eigenvalue weighted by molar-refractivity contribution is -0.140. The molecule has 1 aliphatic carbocycles. The third-order valence-electron chi connectivity index (χ3n) is 3.21. The second kappa shape index (κ2) is 9.58. The maximum atomic E-state index is 11.7. The van der Waals surface area contributed by atoms with Crippen LogP contribution >= 0.6 is 0 Å². The quantitative estimate of drug-likeness (QED) is 0.545. The number of rotatable bonds is 8. The van der Waals surface area contributed by atoms with Crippen LogP contribution in [-0.4, -0.2) is 38.4 Å². The van der Waals surface area contributed by atoms with E-state index in [0.29, 0.717) is 17.6 Å². The Morgan fingerprint density at radius 2 is 1.61 bits per heavy atom. The first-order valence-electron chi connectivity index (χ1n) is 7.60. The highest BCUT2D eigenvalue weighted by Crippen LogP contribution is 2.12. The van der Waals surface area contributed by atoms with Crippen LogP contribution in [0.25, 0.3) is 0 Å². The Kier molecular flexibility index (Phi) is 7.07. The molecule has 0 saturated carbocycles. The van der Waals surface area contributed by atoms with Gasteiger partial charge >= 0.3 is 11.9 Å². The smallest absolute Gasteiger partial charge is 0.338 e. The average molecular weight is 316 g/mol. The van der Waals surface area contributed by atoms with Gasteiger partial charge < -0.3 is 14.2 Å². The highest BCUT2D eigenvalue weighted by molar-refractivity contribution is 5.89. The molecule has 0 aromatic heterocycles. The van der Waals surface area contributed by atoms with E-state index in [2.05, 4.69) is 0 Å². The van der Waals surface area contributed by atoms with Crippen molar-refractivity contribution in [2.24, 2.45) is 0 Å². The van der Waals surface area contributed by atoms with Crippen molar-refractivity contribution in [3.63, 3.8) is 0 Å². The molecule has 0 unspecified atom stereocenters. The lowest BCUT2D eigenvalue weighted by atomic mass is 10.1. The van der Waals surface area contributed by atoms with Gasteiger partial charge in [0.1, 0.15) is 13.2 Å². The summed E-state index contributed by atoms with van der Waals surface area (Å²) in [7, 11) is 0. The van der Waals surface area contributed by atoms with Crippen LogP contribution in [0.5, 0.6) is 0 Å². The summed E-state index contributed by atoms with van der Waals surface area (Å²) in [6.45, 7) is 0.892. The van der Waals surface area contributed by atoms with Crippen LogP contribution in [0.4, 0.5) is 0 Å². The number of ether oxygens (including phenoxy) is 3. The molecule has 0 N–H and O–H groups in total. The van der Waals surface area contributed by atoms with Gasteiger partial charge in [0, 0.05) is 5.57 Å². The normalized spacial score (nSPS) is 13.3. The molecule has 5 heteroatoms. The van der Waals surface area contributed by atoms with Crippen molar-refractivity contribution in [3.05, 3.63) is 59.7 Å². The zero-order chi connectivity index (χ0) is 16.3. The van der Waals surface area contributed by atoms with E-state index in [1.165, 1.54) is 0 Å². The van der Waals surface area contributed by atoms with Gasteiger partial charge in [-0.1, -0.05) is 36.4 Å². The Morgan fingerprint density at radius 1 is 0.913 bits per heavy atom. The first kappa shape index (κ1) is 17.0. The number of benzene rings is 1. The number of hydrogen-bond acceptors (Lipinski definition) is 5. The molecule has 5 nitrogen and oxygen atoms in total. The summed E-state index contributed by atoms with van der Waals surface area (Å²) in [5.41, 5.74) is 1.19. The van der Waals surface area contributed by atoms with Gasteiger partial charge in [-0.2, -0.15) is 0 Å². The molecule has 0 spiro atoms. The number of allylic oxidation sites excluding steroid dienone is 3. The molecule has 1 aliphatic rings. The van der Waals surface area contributed by atoms with Crippen molar-refractivity contribution in [1.29, 1.82) is 0 Å². The van der Waals surface area contributed by atoms with Crippen LogP contribution in [0.15, 0.2) is 54.1 Å². The van der Waals surface area contributed by atoms with Gasteiger partial charge in [-0.3, -0.25) is 0 Å². The van der Waals surface area contributed by atoms with Crippen LogP contribution in [0.2, 0.25) is 0 Å². The van der Waals surface area contributed by atoms with E-state index in [-0.39, 0.29) is 38.4 Å². The minimum atomic E-state index is -0.377. The predicted molar refractivity (Wildman–Crippen MR) is 85.0 cm³/mol. The first-order chi connectivity index (χ1) is 11.3. The lowest BCUT2D eigenvalue weighted by Crippen LogP contribution is -2.15. The highest BCUT2D eigenvalue weighted by atomic mass is 16.6. The second-order valence-corrected chi connectivity index (χ2v) is 4.91. The monoisotopic (exact) mass is 316 g/mol. The van der Waals surface area contributed by atoms with Gasteiger partial charge in [-0.05, 0) is 25.0 Å². The molecule has 0 fully saturated rings. The molecule has 1 aromatic rings. The molecule has 2 rings (SSSR count). The molecule has 0 atom stereocenters. The van der Waals surface area contributed by atoms with Crippen molar-refractivity contribution in [2.75, 3.05) is 26.4 Å². The lowest BCUT2D eigenvalue weighted by Gasteiger charge is -2.09. The molecule has 1 aromatic carbocycles. The summed E-state index contributed by atoms with van der Waals surface area (Å²) in [5, 5.41) is 0. The van der Waals surface area contributed by atoms with E-state index in [1.54, 1.807) is 30.3 Å².